The Hall–Kier alpha value is -5.36. The van der Waals surface area contributed by atoms with Crippen LogP contribution in [0.5, 0.6) is 17.2 Å². The smallest absolute Gasteiger partial charge is 0.410 e. The monoisotopic (exact) mass is 864 g/mol. The van der Waals surface area contributed by atoms with Crippen molar-refractivity contribution in [1.82, 2.24) is 13.4 Å². The van der Waals surface area contributed by atoms with Crippen LogP contribution in [0.25, 0.3) is 22.0 Å². The van der Waals surface area contributed by atoms with Gasteiger partial charge < -0.3 is 33.2 Å². The second-order valence-electron chi connectivity index (χ2n) is 15.4. The molecule has 3 heterocycles. The number of likely N-dealkylation sites (tertiary alicyclic amines) is 1. The maximum Gasteiger partial charge on any atom is 0.410 e. The van der Waals surface area contributed by atoms with Crippen molar-refractivity contribution < 1.29 is 45.3 Å². The Bertz CT molecular complexity index is 2590. The average molecular weight is 865 g/mol. The van der Waals surface area contributed by atoms with Crippen LogP contribution in [-0.4, -0.2) is 93.3 Å². The lowest BCUT2D eigenvalue weighted by Gasteiger charge is -2.33. The quantitative estimate of drug-likeness (QED) is 0.102. The van der Waals surface area contributed by atoms with Crippen molar-refractivity contribution in [3.63, 3.8) is 0 Å². The number of anilines is 1. The molecule has 0 atom stereocenters. The van der Waals surface area contributed by atoms with Crippen molar-refractivity contribution in [2.75, 3.05) is 50.0 Å². The second kappa shape index (κ2) is 18.5. The molecule has 1 fully saturated rings. The van der Waals surface area contributed by atoms with E-state index in [0.29, 0.717) is 66.7 Å². The minimum Gasteiger partial charge on any atom is -0.491 e. The third-order valence-corrected chi connectivity index (χ3v) is 12.7. The molecule has 6 rings (SSSR count). The first kappa shape index (κ1) is 44.2. The van der Waals surface area contributed by atoms with Crippen molar-refractivity contribution in [2.24, 2.45) is 7.05 Å². The summed E-state index contributed by atoms with van der Waals surface area (Å²) in [6.45, 7) is 11.4. The van der Waals surface area contributed by atoms with E-state index in [1.54, 1.807) is 71.8 Å². The summed E-state index contributed by atoms with van der Waals surface area (Å²) in [5.41, 5.74) is 0.802. The molecule has 0 radical (unpaired) electrons. The summed E-state index contributed by atoms with van der Waals surface area (Å²) in [7, 11) is -6.32. The molecule has 5 aromatic rings. The predicted molar refractivity (Wildman–Crippen MR) is 229 cm³/mol. The predicted octanol–water partition coefficient (Wildman–Crippen LogP) is 6.92. The van der Waals surface area contributed by atoms with Gasteiger partial charge in [-0.2, -0.15) is 0 Å². The van der Waals surface area contributed by atoms with E-state index < -0.39 is 31.2 Å². The maximum absolute atomic E-state index is 13.8. The molecular weight excluding hydrogens is 813 g/mol. The third kappa shape index (κ3) is 10.9. The number of benzene rings is 3. The molecule has 1 aliphatic rings. The summed E-state index contributed by atoms with van der Waals surface area (Å²) in [4.78, 5) is 27.7. The molecule has 0 saturated carbocycles. The number of pyridine rings is 1. The van der Waals surface area contributed by atoms with Crippen molar-refractivity contribution in [1.29, 1.82) is 0 Å². The van der Waals surface area contributed by atoms with E-state index in [1.165, 1.54) is 36.9 Å². The van der Waals surface area contributed by atoms with Crippen LogP contribution in [-0.2, 0) is 41.3 Å². The molecule has 2 aromatic heterocycles. The zero-order valence-electron chi connectivity index (χ0n) is 34.7. The van der Waals surface area contributed by atoms with E-state index in [-0.39, 0.29) is 40.7 Å². The van der Waals surface area contributed by atoms with Gasteiger partial charge in [0.2, 0.25) is 10.0 Å². The highest BCUT2D eigenvalue weighted by molar-refractivity contribution is 7.92. The number of carbonyl (C=O) groups is 1. The lowest BCUT2D eigenvalue weighted by molar-refractivity contribution is -0.0314. The van der Waals surface area contributed by atoms with Crippen LogP contribution in [0.15, 0.2) is 94.9 Å². The molecule has 0 spiro atoms. The number of hydrogen-bond donors (Lipinski definition) is 1. The van der Waals surface area contributed by atoms with Gasteiger partial charge in [0.05, 0.1) is 36.6 Å². The molecule has 1 aliphatic heterocycles. The first-order valence-corrected chi connectivity index (χ1v) is 22.8. The fourth-order valence-corrected chi connectivity index (χ4v) is 8.57. The summed E-state index contributed by atoms with van der Waals surface area (Å²) >= 11 is 0. The number of aryl methyl sites for hydroxylation is 2. The van der Waals surface area contributed by atoms with Gasteiger partial charge in [-0.05, 0) is 96.0 Å². The van der Waals surface area contributed by atoms with E-state index in [4.69, 9.17) is 23.7 Å². The van der Waals surface area contributed by atoms with Crippen molar-refractivity contribution >= 4 is 42.7 Å². The summed E-state index contributed by atoms with van der Waals surface area (Å²) in [5, 5.41) is 0.320. The lowest BCUT2D eigenvalue weighted by Crippen LogP contribution is -2.43. The largest absolute Gasteiger partial charge is 0.491 e. The van der Waals surface area contributed by atoms with E-state index in [9.17, 15) is 26.4 Å². The Kier molecular flexibility index (Phi) is 13.6. The van der Waals surface area contributed by atoms with Gasteiger partial charge in [0.15, 0.2) is 0 Å². The van der Waals surface area contributed by atoms with Gasteiger partial charge in [0.1, 0.15) is 35.0 Å². The number of fused-ring (bicyclic) bond motifs is 1. The number of hydrogen-bond acceptors (Lipinski definition) is 11. The minimum atomic E-state index is -4.17. The highest BCUT2D eigenvalue weighted by Crippen LogP contribution is 2.40. The third-order valence-electron chi connectivity index (χ3n) is 9.69. The normalized spacial score (nSPS) is 14.0. The molecule has 3 aromatic carbocycles. The van der Waals surface area contributed by atoms with Gasteiger partial charge in [-0.15, -0.1) is 0 Å². The number of amides is 1. The standard InChI is InChI=1S/C43H52N4O11S2/c1-7-59(50,51)44-31-13-16-39(37(27-31)38-29-45(6)41(48)40-36(38)19-22-47(40)60(52,53)35-14-11-30(2)12-15-35)57-34-10-8-9-33(28-34)56-26-24-54-23-25-55-32-17-20-46(21-18-32)42(49)58-43(3,4)5/h8-16,19,22,27-29,32,44H,7,17-18,20-21,23-26H2,1-6H3. The Morgan fingerprint density at radius 1 is 0.867 bits per heavy atom. The fourth-order valence-electron chi connectivity index (χ4n) is 6.59. The minimum absolute atomic E-state index is 0.0196. The van der Waals surface area contributed by atoms with E-state index >= 15 is 0 Å². The van der Waals surface area contributed by atoms with Gasteiger partial charge in [-0.25, -0.2) is 25.6 Å². The van der Waals surface area contributed by atoms with Gasteiger partial charge >= 0.3 is 6.09 Å². The van der Waals surface area contributed by atoms with Gasteiger partial charge in [-0.3, -0.25) is 9.52 Å². The van der Waals surface area contributed by atoms with Gasteiger partial charge in [0.25, 0.3) is 15.6 Å². The van der Waals surface area contributed by atoms with Crippen LogP contribution < -0.4 is 19.8 Å². The first-order chi connectivity index (χ1) is 28.4. The number of nitrogens with one attached hydrogen (secondary N) is 1. The highest BCUT2D eigenvalue weighted by Gasteiger charge is 2.28. The number of nitrogens with zero attached hydrogens (tertiary/aromatic N) is 3. The SMILES string of the molecule is CCS(=O)(=O)Nc1ccc(Oc2cccc(OCCOCCOC3CCN(C(=O)OC(C)(C)C)CC3)c2)c(-c2cn(C)c(=O)c3c2ccn3S(=O)(=O)c2ccc(C)cc2)c1. The van der Waals surface area contributed by atoms with Crippen LogP contribution in [0.4, 0.5) is 10.5 Å². The Balaban J connectivity index is 1.14. The number of carbonyl (C=O) groups excluding carboxylic acids is 1. The molecule has 17 heteroatoms. The summed E-state index contributed by atoms with van der Waals surface area (Å²) in [6, 6.07) is 19.6. The number of aromatic nitrogens is 2. The van der Waals surface area contributed by atoms with Crippen molar-refractivity contribution in [2.45, 2.75) is 64.1 Å². The Labute approximate surface area is 350 Å². The van der Waals surface area contributed by atoms with Crippen LogP contribution >= 0.6 is 0 Å². The van der Waals surface area contributed by atoms with E-state index in [0.717, 1.165) is 22.4 Å². The number of ether oxygens (including phenoxy) is 5. The van der Waals surface area contributed by atoms with Crippen LogP contribution in [0.3, 0.4) is 0 Å². The molecule has 15 nitrogen and oxygen atoms in total. The number of sulfonamides is 1. The molecule has 0 bridgehead atoms. The molecule has 322 valence electrons. The molecule has 1 amide bonds. The summed E-state index contributed by atoms with van der Waals surface area (Å²) in [5.74, 6) is 1.07. The zero-order chi connectivity index (χ0) is 43.2. The molecule has 1 N–H and O–H groups in total. The average Bonchev–Trinajstić information content (AvgIpc) is 3.66. The fraction of sp³-hybridized carbons (Fsp3) is 0.395. The maximum atomic E-state index is 13.8. The molecule has 0 unspecified atom stereocenters. The van der Waals surface area contributed by atoms with Crippen molar-refractivity contribution in [3.8, 4) is 28.4 Å². The van der Waals surface area contributed by atoms with Crippen molar-refractivity contribution in [3.05, 3.63) is 101 Å². The van der Waals surface area contributed by atoms with Gasteiger partial charge in [-0.1, -0.05) is 23.8 Å². The van der Waals surface area contributed by atoms with Gasteiger partial charge in [0, 0.05) is 60.8 Å². The number of piperidine rings is 1. The van der Waals surface area contributed by atoms with E-state index in [2.05, 4.69) is 4.72 Å². The number of rotatable bonds is 16. The summed E-state index contributed by atoms with van der Waals surface area (Å²) in [6.07, 6.45) is 4.10. The van der Waals surface area contributed by atoms with E-state index in [1.807, 2.05) is 27.7 Å². The molecule has 0 aliphatic carbocycles. The first-order valence-electron chi connectivity index (χ1n) is 19.7. The molecular formula is C43H52N4O11S2. The Morgan fingerprint density at radius 2 is 1.57 bits per heavy atom. The Morgan fingerprint density at radius 3 is 2.27 bits per heavy atom. The van der Waals surface area contributed by atoms with Crippen LogP contribution in [0.1, 0.15) is 46.1 Å². The van der Waals surface area contributed by atoms with Crippen LogP contribution in [0.2, 0.25) is 0 Å². The van der Waals surface area contributed by atoms with Crippen LogP contribution in [0, 0.1) is 6.92 Å². The lowest BCUT2D eigenvalue weighted by atomic mass is 10.0. The topological polar surface area (TPSA) is 174 Å². The molecule has 60 heavy (non-hydrogen) atoms. The molecule has 1 saturated heterocycles. The highest BCUT2D eigenvalue weighted by atomic mass is 32.2. The zero-order valence-corrected chi connectivity index (χ0v) is 36.3. The summed E-state index contributed by atoms with van der Waals surface area (Å²) < 4.78 is 87.2. The second-order valence-corrected chi connectivity index (χ2v) is 19.3.